The number of benzene rings is 1. The standard InChI is InChI=1S/C14H20N2O/c1-2-4-13-10-16(7-5-12(13)3-1)11-14-9-15-6-8-17-14/h1-4,14-15H,5-11H2. The molecule has 0 aliphatic carbocycles. The van der Waals surface area contributed by atoms with Crippen molar-refractivity contribution in [1.82, 2.24) is 10.2 Å². The van der Waals surface area contributed by atoms with Crippen LogP contribution >= 0.6 is 0 Å². The Hall–Kier alpha value is -0.900. The molecule has 17 heavy (non-hydrogen) atoms. The third kappa shape index (κ3) is 2.68. The van der Waals surface area contributed by atoms with Gasteiger partial charge in [0.2, 0.25) is 0 Å². The summed E-state index contributed by atoms with van der Waals surface area (Å²) in [5.41, 5.74) is 3.01. The highest BCUT2D eigenvalue weighted by atomic mass is 16.5. The van der Waals surface area contributed by atoms with Crippen LogP contribution in [0.5, 0.6) is 0 Å². The van der Waals surface area contributed by atoms with E-state index in [4.69, 9.17) is 4.74 Å². The summed E-state index contributed by atoms with van der Waals surface area (Å²) in [7, 11) is 0. The van der Waals surface area contributed by atoms with Gasteiger partial charge >= 0.3 is 0 Å². The van der Waals surface area contributed by atoms with Gasteiger partial charge in [-0.2, -0.15) is 0 Å². The van der Waals surface area contributed by atoms with Crippen LogP contribution < -0.4 is 5.32 Å². The van der Waals surface area contributed by atoms with E-state index in [1.807, 2.05) is 0 Å². The van der Waals surface area contributed by atoms with Gasteiger partial charge in [0.05, 0.1) is 12.7 Å². The zero-order valence-corrected chi connectivity index (χ0v) is 10.2. The lowest BCUT2D eigenvalue weighted by molar-refractivity contribution is 0.00301. The van der Waals surface area contributed by atoms with Crippen LogP contribution in [0.15, 0.2) is 24.3 Å². The first-order valence-corrected chi connectivity index (χ1v) is 6.53. The second-order valence-electron chi connectivity index (χ2n) is 4.95. The fourth-order valence-electron chi connectivity index (χ4n) is 2.73. The molecule has 0 spiro atoms. The van der Waals surface area contributed by atoms with Gasteiger partial charge in [0.1, 0.15) is 0 Å². The van der Waals surface area contributed by atoms with E-state index >= 15 is 0 Å². The predicted molar refractivity (Wildman–Crippen MR) is 68.0 cm³/mol. The SMILES string of the molecule is c1ccc2c(c1)CCN(CC1CNCCO1)C2. The molecule has 0 bridgehead atoms. The zero-order chi connectivity index (χ0) is 11.5. The highest BCUT2D eigenvalue weighted by molar-refractivity contribution is 5.29. The van der Waals surface area contributed by atoms with E-state index < -0.39 is 0 Å². The summed E-state index contributed by atoms with van der Waals surface area (Å²) >= 11 is 0. The van der Waals surface area contributed by atoms with Crippen molar-refractivity contribution in [1.29, 1.82) is 0 Å². The summed E-state index contributed by atoms with van der Waals surface area (Å²) in [6.07, 6.45) is 1.55. The Morgan fingerprint density at radius 2 is 2.18 bits per heavy atom. The molecule has 3 rings (SSSR count). The van der Waals surface area contributed by atoms with E-state index in [1.54, 1.807) is 0 Å². The number of rotatable bonds is 2. The van der Waals surface area contributed by atoms with Crippen LogP contribution in [-0.2, 0) is 17.7 Å². The number of morpholine rings is 1. The summed E-state index contributed by atoms with van der Waals surface area (Å²) in [6.45, 7) is 6.15. The molecular weight excluding hydrogens is 212 g/mol. The van der Waals surface area contributed by atoms with E-state index in [0.29, 0.717) is 6.10 Å². The third-order valence-corrected chi connectivity index (χ3v) is 3.68. The summed E-state index contributed by atoms with van der Waals surface area (Å²) < 4.78 is 5.76. The molecule has 1 saturated heterocycles. The Kier molecular flexibility index (Phi) is 3.41. The van der Waals surface area contributed by atoms with E-state index in [9.17, 15) is 0 Å². The van der Waals surface area contributed by atoms with Crippen LogP contribution in [0.2, 0.25) is 0 Å². The first kappa shape index (κ1) is 11.2. The van der Waals surface area contributed by atoms with Crippen molar-refractivity contribution in [3.05, 3.63) is 35.4 Å². The molecule has 3 heteroatoms. The average molecular weight is 232 g/mol. The van der Waals surface area contributed by atoms with Gasteiger partial charge in [-0.1, -0.05) is 24.3 Å². The Bertz CT molecular complexity index is 374. The number of nitrogens with zero attached hydrogens (tertiary/aromatic N) is 1. The van der Waals surface area contributed by atoms with Gasteiger partial charge in [-0.25, -0.2) is 0 Å². The molecule has 0 saturated carbocycles. The molecule has 0 aromatic heterocycles. The van der Waals surface area contributed by atoms with Crippen molar-refractivity contribution < 1.29 is 4.74 Å². The van der Waals surface area contributed by atoms with Crippen molar-refractivity contribution in [2.45, 2.75) is 19.1 Å². The molecule has 3 nitrogen and oxygen atoms in total. The maximum atomic E-state index is 5.76. The Morgan fingerprint density at radius 3 is 3.00 bits per heavy atom. The molecule has 2 aliphatic rings. The molecule has 1 fully saturated rings. The minimum Gasteiger partial charge on any atom is -0.374 e. The van der Waals surface area contributed by atoms with Crippen LogP contribution in [0, 0.1) is 0 Å². The first-order chi connectivity index (χ1) is 8.42. The molecule has 1 N–H and O–H groups in total. The minimum atomic E-state index is 0.369. The van der Waals surface area contributed by atoms with Gasteiger partial charge in [0.15, 0.2) is 0 Å². The fourth-order valence-corrected chi connectivity index (χ4v) is 2.73. The minimum absolute atomic E-state index is 0.369. The van der Waals surface area contributed by atoms with Crippen LogP contribution in [0.4, 0.5) is 0 Å². The van der Waals surface area contributed by atoms with E-state index in [2.05, 4.69) is 34.5 Å². The first-order valence-electron chi connectivity index (χ1n) is 6.53. The number of hydrogen-bond donors (Lipinski definition) is 1. The lowest BCUT2D eigenvalue weighted by Crippen LogP contribution is -2.46. The molecule has 1 atom stereocenters. The van der Waals surface area contributed by atoms with Crippen LogP contribution in [0.1, 0.15) is 11.1 Å². The number of fused-ring (bicyclic) bond motifs is 1. The summed E-state index contributed by atoms with van der Waals surface area (Å²) in [6, 6.07) is 8.79. The van der Waals surface area contributed by atoms with Gasteiger partial charge in [-0.15, -0.1) is 0 Å². The largest absolute Gasteiger partial charge is 0.374 e. The topological polar surface area (TPSA) is 24.5 Å². The van der Waals surface area contributed by atoms with Crippen molar-refractivity contribution in [3.63, 3.8) is 0 Å². The monoisotopic (exact) mass is 232 g/mol. The molecule has 92 valence electrons. The zero-order valence-electron chi connectivity index (χ0n) is 10.2. The molecule has 2 aliphatic heterocycles. The van der Waals surface area contributed by atoms with Gasteiger partial charge in [-0.3, -0.25) is 4.90 Å². The van der Waals surface area contributed by atoms with Crippen LogP contribution in [-0.4, -0.2) is 43.8 Å². The molecule has 1 aromatic carbocycles. The maximum absolute atomic E-state index is 5.76. The summed E-state index contributed by atoms with van der Waals surface area (Å²) in [5.74, 6) is 0. The number of hydrogen-bond acceptors (Lipinski definition) is 3. The van der Waals surface area contributed by atoms with E-state index in [-0.39, 0.29) is 0 Å². The second kappa shape index (κ2) is 5.17. The molecule has 1 unspecified atom stereocenters. The average Bonchev–Trinajstić information content (AvgIpc) is 2.40. The summed E-state index contributed by atoms with van der Waals surface area (Å²) in [5, 5.41) is 3.39. The van der Waals surface area contributed by atoms with Crippen molar-refractivity contribution in [3.8, 4) is 0 Å². The molecule has 0 radical (unpaired) electrons. The van der Waals surface area contributed by atoms with Crippen molar-refractivity contribution >= 4 is 0 Å². The van der Waals surface area contributed by atoms with Crippen molar-refractivity contribution in [2.75, 3.05) is 32.8 Å². The van der Waals surface area contributed by atoms with Gasteiger partial charge in [0, 0.05) is 32.7 Å². The van der Waals surface area contributed by atoms with Crippen LogP contribution in [0.25, 0.3) is 0 Å². The van der Waals surface area contributed by atoms with Crippen molar-refractivity contribution in [2.24, 2.45) is 0 Å². The maximum Gasteiger partial charge on any atom is 0.0826 e. The Labute approximate surface area is 103 Å². The highest BCUT2D eigenvalue weighted by Crippen LogP contribution is 2.18. The van der Waals surface area contributed by atoms with E-state index in [0.717, 1.165) is 39.3 Å². The smallest absolute Gasteiger partial charge is 0.0826 e. The van der Waals surface area contributed by atoms with Crippen LogP contribution in [0.3, 0.4) is 0 Å². The normalized spacial score (nSPS) is 25.5. The predicted octanol–water partition coefficient (Wildman–Crippen LogP) is 1.03. The summed E-state index contributed by atoms with van der Waals surface area (Å²) in [4.78, 5) is 2.51. The van der Waals surface area contributed by atoms with Gasteiger partial charge in [-0.05, 0) is 17.5 Å². The van der Waals surface area contributed by atoms with Gasteiger partial charge < -0.3 is 10.1 Å². The number of ether oxygens (including phenoxy) is 1. The van der Waals surface area contributed by atoms with Gasteiger partial charge in [0.25, 0.3) is 0 Å². The molecule has 2 heterocycles. The highest BCUT2D eigenvalue weighted by Gasteiger charge is 2.21. The Balaban J connectivity index is 1.60. The molecule has 0 amide bonds. The second-order valence-corrected chi connectivity index (χ2v) is 4.95. The van der Waals surface area contributed by atoms with E-state index in [1.165, 1.54) is 17.5 Å². The lowest BCUT2D eigenvalue weighted by Gasteiger charge is -2.33. The third-order valence-electron chi connectivity index (χ3n) is 3.68. The fraction of sp³-hybridized carbons (Fsp3) is 0.571. The Morgan fingerprint density at radius 1 is 1.29 bits per heavy atom. The molecule has 1 aromatic rings. The quantitative estimate of drug-likeness (QED) is 0.824. The lowest BCUT2D eigenvalue weighted by atomic mass is 10.00. The number of nitrogens with one attached hydrogen (secondary N) is 1. The molecular formula is C14H20N2O.